The third-order valence-electron chi connectivity index (χ3n) is 5.73. The summed E-state index contributed by atoms with van der Waals surface area (Å²) in [6.45, 7) is 1.31. The number of hydrogen-bond acceptors (Lipinski definition) is 6. The summed E-state index contributed by atoms with van der Waals surface area (Å²) in [5.41, 5.74) is 3.99. The van der Waals surface area contributed by atoms with Crippen LogP contribution in [0.3, 0.4) is 0 Å². The van der Waals surface area contributed by atoms with Crippen LogP contribution in [0.1, 0.15) is 29.4 Å². The Morgan fingerprint density at radius 3 is 2.22 bits per heavy atom. The van der Waals surface area contributed by atoms with Gasteiger partial charge in [0, 0.05) is 31.5 Å². The summed E-state index contributed by atoms with van der Waals surface area (Å²) in [7, 11) is 0. The minimum absolute atomic E-state index is 0.117. The van der Waals surface area contributed by atoms with Crippen molar-refractivity contribution < 1.29 is 24.1 Å². The van der Waals surface area contributed by atoms with E-state index in [-0.39, 0.29) is 29.6 Å². The molecule has 2 heterocycles. The molecular formula is C28H22FN3O4. The smallest absolute Gasteiger partial charge is 0.309 e. The molecule has 180 valence electrons. The molecule has 7 nitrogen and oxygen atoms in total. The van der Waals surface area contributed by atoms with E-state index in [0.717, 1.165) is 5.56 Å². The van der Waals surface area contributed by atoms with E-state index >= 15 is 0 Å². The molecule has 0 aliphatic rings. The Hall–Kier alpha value is -4.72. The van der Waals surface area contributed by atoms with Gasteiger partial charge in [0.25, 0.3) is 0 Å². The van der Waals surface area contributed by atoms with E-state index in [9.17, 15) is 19.4 Å². The standard InChI is InChI=1S/C28H22FN3O4/c1-17(33)36-28-25(14-18-6-10-21(34)11-7-18)31-27-24(15-20-4-2-3-5-23(20)29)30-26(16-32(27)28)19-8-12-22(35)13-9-19/h2-13,16,34-35H,14-15H2,1H3. The molecule has 36 heavy (non-hydrogen) atoms. The number of imidazole rings is 1. The van der Waals surface area contributed by atoms with E-state index in [1.165, 1.54) is 13.0 Å². The molecule has 0 saturated heterocycles. The minimum atomic E-state index is -0.512. The highest BCUT2D eigenvalue weighted by Crippen LogP contribution is 2.30. The monoisotopic (exact) mass is 483 g/mol. The van der Waals surface area contributed by atoms with Crippen molar-refractivity contribution >= 4 is 11.6 Å². The highest BCUT2D eigenvalue weighted by atomic mass is 19.1. The van der Waals surface area contributed by atoms with Crippen molar-refractivity contribution in [2.75, 3.05) is 0 Å². The molecule has 2 aromatic heterocycles. The lowest BCUT2D eigenvalue weighted by Crippen LogP contribution is -2.07. The number of phenolic OH excluding ortho intramolecular Hbond substituents is 2. The van der Waals surface area contributed by atoms with Crippen molar-refractivity contribution in [3.05, 3.63) is 107 Å². The summed E-state index contributed by atoms with van der Waals surface area (Å²) in [5, 5.41) is 19.3. The van der Waals surface area contributed by atoms with E-state index < -0.39 is 5.97 Å². The molecule has 0 fully saturated rings. The van der Waals surface area contributed by atoms with Crippen LogP contribution in [0.4, 0.5) is 4.39 Å². The van der Waals surface area contributed by atoms with Gasteiger partial charge < -0.3 is 14.9 Å². The van der Waals surface area contributed by atoms with E-state index in [1.807, 2.05) is 0 Å². The Labute approximate surface area is 206 Å². The zero-order chi connectivity index (χ0) is 25.2. The molecule has 0 unspecified atom stereocenters. The zero-order valence-corrected chi connectivity index (χ0v) is 19.4. The van der Waals surface area contributed by atoms with Crippen molar-refractivity contribution in [2.45, 2.75) is 19.8 Å². The van der Waals surface area contributed by atoms with Gasteiger partial charge in [0.2, 0.25) is 5.88 Å². The van der Waals surface area contributed by atoms with Gasteiger partial charge in [0.15, 0.2) is 5.65 Å². The van der Waals surface area contributed by atoms with Crippen LogP contribution in [0.2, 0.25) is 0 Å². The fraction of sp³-hybridized carbons (Fsp3) is 0.107. The van der Waals surface area contributed by atoms with Crippen molar-refractivity contribution in [1.29, 1.82) is 0 Å². The molecule has 0 aliphatic heterocycles. The van der Waals surface area contributed by atoms with Crippen molar-refractivity contribution in [3.8, 4) is 28.6 Å². The van der Waals surface area contributed by atoms with Gasteiger partial charge in [-0.05, 0) is 53.6 Å². The van der Waals surface area contributed by atoms with Crippen LogP contribution >= 0.6 is 0 Å². The topological polar surface area (TPSA) is 97.0 Å². The number of esters is 1. The van der Waals surface area contributed by atoms with E-state index in [0.29, 0.717) is 40.3 Å². The number of aromatic hydroxyl groups is 2. The summed E-state index contributed by atoms with van der Waals surface area (Å²) in [4.78, 5) is 21.6. The number of carbonyl (C=O) groups excluding carboxylic acids is 1. The number of ether oxygens (including phenoxy) is 1. The summed E-state index contributed by atoms with van der Waals surface area (Å²) in [5.74, 6) is -0.372. The largest absolute Gasteiger partial charge is 0.508 e. The number of hydrogen-bond donors (Lipinski definition) is 2. The van der Waals surface area contributed by atoms with E-state index in [2.05, 4.69) is 0 Å². The molecule has 8 heteroatoms. The van der Waals surface area contributed by atoms with Crippen LogP contribution in [0.25, 0.3) is 16.9 Å². The number of rotatable bonds is 6. The number of fused-ring (bicyclic) bond motifs is 1. The molecule has 0 saturated carbocycles. The number of aromatic nitrogens is 3. The molecule has 0 bridgehead atoms. The van der Waals surface area contributed by atoms with Crippen LogP contribution < -0.4 is 4.74 Å². The molecule has 0 atom stereocenters. The zero-order valence-electron chi connectivity index (χ0n) is 19.4. The fourth-order valence-electron chi connectivity index (χ4n) is 4.01. The summed E-state index contributed by atoms with van der Waals surface area (Å²) in [6.07, 6.45) is 2.20. The van der Waals surface area contributed by atoms with Crippen LogP contribution in [-0.4, -0.2) is 30.6 Å². The first-order valence-electron chi connectivity index (χ1n) is 11.3. The molecule has 5 aromatic rings. The first kappa shape index (κ1) is 23.0. The predicted molar refractivity (Wildman–Crippen MR) is 132 cm³/mol. The first-order chi connectivity index (χ1) is 17.4. The van der Waals surface area contributed by atoms with Gasteiger partial charge in [-0.1, -0.05) is 30.3 Å². The van der Waals surface area contributed by atoms with E-state index in [1.54, 1.807) is 77.3 Å². The molecule has 3 aromatic carbocycles. The van der Waals surface area contributed by atoms with Crippen LogP contribution in [-0.2, 0) is 17.6 Å². The van der Waals surface area contributed by atoms with Gasteiger partial charge in [-0.25, -0.2) is 14.4 Å². The Kier molecular flexibility index (Phi) is 6.08. The third kappa shape index (κ3) is 4.74. The second kappa shape index (κ2) is 9.50. The van der Waals surface area contributed by atoms with Crippen LogP contribution in [0.15, 0.2) is 79.0 Å². The van der Waals surface area contributed by atoms with Crippen LogP contribution in [0.5, 0.6) is 17.4 Å². The maximum Gasteiger partial charge on any atom is 0.309 e. The summed E-state index contributed by atoms with van der Waals surface area (Å²) in [6, 6.07) is 19.7. The van der Waals surface area contributed by atoms with Gasteiger partial charge in [0.05, 0.1) is 11.4 Å². The molecular weight excluding hydrogens is 461 g/mol. The number of carbonyl (C=O) groups is 1. The van der Waals surface area contributed by atoms with E-state index in [4.69, 9.17) is 14.7 Å². The van der Waals surface area contributed by atoms with Gasteiger partial charge >= 0.3 is 5.97 Å². The van der Waals surface area contributed by atoms with Crippen LogP contribution in [0, 0.1) is 5.82 Å². The highest BCUT2D eigenvalue weighted by molar-refractivity contribution is 5.71. The highest BCUT2D eigenvalue weighted by Gasteiger charge is 2.21. The lowest BCUT2D eigenvalue weighted by molar-refractivity contribution is -0.132. The SMILES string of the molecule is CC(=O)Oc1c(Cc2ccc(O)cc2)nc2c(Cc3ccccc3F)nc(-c3ccc(O)cc3)cn12. The van der Waals surface area contributed by atoms with Crippen molar-refractivity contribution in [1.82, 2.24) is 14.4 Å². The maximum atomic E-state index is 14.5. The number of halogens is 1. The Balaban J connectivity index is 1.71. The number of benzene rings is 3. The molecule has 0 amide bonds. The predicted octanol–water partition coefficient (Wildman–Crippen LogP) is 5.05. The Morgan fingerprint density at radius 1 is 0.889 bits per heavy atom. The van der Waals surface area contributed by atoms with Crippen molar-refractivity contribution in [2.24, 2.45) is 0 Å². The number of nitrogens with zero attached hydrogens (tertiary/aromatic N) is 3. The lowest BCUT2D eigenvalue weighted by Gasteiger charge is -2.10. The quantitative estimate of drug-likeness (QED) is 0.328. The first-order valence-corrected chi connectivity index (χ1v) is 11.3. The summed E-state index contributed by atoms with van der Waals surface area (Å²) < 4.78 is 21.8. The molecule has 0 radical (unpaired) electrons. The average Bonchev–Trinajstić information content (AvgIpc) is 3.19. The summed E-state index contributed by atoms with van der Waals surface area (Å²) >= 11 is 0. The molecule has 2 N–H and O–H groups in total. The Morgan fingerprint density at radius 2 is 1.56 bits per heavy atom. The minimum Gasteiger partial charge on any atom is -0.508 e. The molecule has 0 aliphatic carbocycles. The van der Waals surface area contributed by atoms with Gasteiger partial charge in [-0.3, -0.25) is 9.20 Å². The maximum absolute atomic E-state index is 14.5. The van der Waals surface area contributed by atoms with Gasteiger partial charge in [0.1, 0.15) is 23.0 Å². The number of phenols is 2. The normalized spacial score (nSPS) is 11.1. The third-order valence-corrected chi connectivity index (χ3v) is 5.73. The van der Waals surface area contributed by atoms with Crippen molar-refractivity contribution in [3.63, 3.8) is 0 Å². The second-order valence-electron chi connectivity index (χ2n) is 8.38. The lowest BCUT2D eigenvalue weighted by atomic mass is 10.1. The molecule has 0 spiro atoms. The fourth-order valence-corrected chi connectivity index (χ4v) is 4.01. The van der Waals surface area contributed by atoms with Gasteiger partial charge in [-0.15, -0.1) is 0 Å². The Bertz CT molecular complexity index is 1560. The average molecular weight is 483 g/mol. The van der Waals surface area contributed by atoms with Gasteiger partial charge in [-0.2, -0.15) is 0 Å². The second-order valence-corrected chi connectivity index (χ2v) is 8.38. The molecule has 5 rings (SSSR count).